The van der Waals surface area contributed by atoms with Crippen molar-refractivity contribution < 1.29 is 13.9 Å². The maximum absolute atomic E-state index is 12.0. The summed E-state index contributed by atoms with van der Waals surface area (Å²) in [5, 5.41) is 3.80. The lowest BCUT2D eigenvalue weighted by atomic mass is 10.2. The number of hydrogen-bond acceptors (Lipinski definition) is 3. The molecule has 0 fully saturated rings. The van der Waals surface area contributed by atoms with E-state index in [1.54, 1.807) is 13.2 Å². The third kappa shape index (κ3) is 3.84. The van der Waals surface area contributed by atoms with E-state index in [0.717, 1.165) is 23.0 Å². The second kappa shape index (κ2) is 6.90. The lowest BCUT2D eigenvalue weighted by molar-refractivity contribution is 0.0926. The zero-order chi connectivity index (χ0) is 14.5. The van der Waals surface area contributed by atoms with E-state index >= 15 is 0 Å². The summed E-state index contributed by atoms with van der Waals surface area (Å²) in [6.07, 6.45) is 0.804. The lowest BCUT2D eigenvalue weighted by Crippen LogP contribution is -2.26. The van der Waals surface area contributed by atoms with Gasteiger partial charge in [-0.2, -0.15) is 0 Å². The smallest absolute Gasteiger partial charge is 0.287 e. The number of alkyl halides is 1. The van der Waals surface area contributed by atoms with Crippen LogP contribution < -0.4 is 5.32 Å². The molecule has 0 spiro atoms. The molecule has 1 amide bonds. The molecule has 1 atom stereocenters. The van der Waals surface area contributed by atoms with E-state index in [1.807, 2.05) is 25.1 Å². The van der Waals surface area contributed by atoms with Crippen molar-refractivity contribution in [1.82, 2.24) is 5.32 Å². The number of nitrogens with one attached hydrogen (secondary N) is 1. The van der Waals surface area contributed by atoms with E-state index in [2.05, 4.69) is 21.2 Å². The zero-order valence-electron chi connectivity index (χ0n) is 11.6. The Morgan fingerprint density at radius 2 is 2.25 bits per heavy atom. The Hall–Kier alpha value is -1.33. The molecule has 1 aromatic carbocycles. The van der Waals surface area contributed by atoms with Crippen LogP contribution in [0.2, 0.25) is 0 Å². The molecule has 0 saturated heterocycles. The lowest BCUT2D eigenvalue weighted by Gasteiger charge is -2.08. The first-order valence-electron chi connectivity index (χ1n) is 6.51. The van der Waals surface area contributed by atoms with Gasteiger partial charge in [0.2, 0.25) is 0 Å². The highest BCUT2D eigenvalue weighted by atomic mass is 79.9. The number of hydrogen-bond donors (Lipinski definition) is 1. The van der Waals surface area contributed by atoms with E-state index in [0.29, 0.717) is 18.9 Å². The van der Waals surface area contributed by atoms with Gasteiger partial charge in [-0.25, -0.2) is 0 Å². The van der Waals surface area contributed by atoms with Crippen molar-refractivity contribution in [1.29, 1.82) is 0 Å². The third-order valence-electron chi connectivity index (χ3n) is 2.99. The highest BCUT2D eigenvalue weighted by Crippen LogP contribution is 2.20. The number of methoxy groups -OCH3 is 1. The molecular formula is C15H18BrNO3. The Balaban J connectivity index is 1.94. The first-order chi connectivity index (χ1) is 9.60. The summed E-state index contributed by atoms with van der Waals surface area (Å²) in [5.74, 6) is 0.166. The van der Waals surface area contributed by atoms with Crippen LogP contribution >= 0.6 is 15.9 Å². The number of carbonyl (C=O) groups excluding carboxylic acids is 1. The largest absolute Gasteiger partial charge is 0.451 e. The molecule has 1 aromatic heterocycles. The van der Waals surface area contributed by atoms with Crippen molar-refractivity contribution >= 4 is 32.8 Å². The van der Waals surface area contributed by atoms with Gasteiger partial charge in [0.25, 0.3) is 5.91 Å². The van der Waals surface area contributed by atoms with E-state index in [4.69, 9.17) is 9.15 Å². The van der Waals surface area contributed by atoms with Crippen LogP contribution in [0.3, 0.4) is 0 Å². The van der Waals surface area contributed by atoms with Crippen LogP contribution in [0, 0.1) is 6.92 Å². The average Bonchev–Trinajstić information content (AvgIpc) is 2.82. The summed E-state index contributed by atoms with van der Waals surface area (Å²) >= 11 is 3.48. The minimum atomic E-state index is -0.184. The van der Waals surface area contributed by atoms with E-state index in [-0.39, 0.29) is 10.7 Å². The predicted molar refractivity (Wildman–Crippen MR) is 82.5 cm³/mol. The van der Waals surface area contributed by atoms with E-state index in [1.165, 1.54) is 0 Å². The first-order valence-corrected chi connectivity index (χ1v) is 7.43. The number of furan rings is 1. The second-order valence-electron chi connectivity index (χ2n) is 4.75. The van der Waals surface area contributed by atoms with Gasteiger partial charge in [0.15, 0.2) is 5.76 Å². The van der Waals surface area contributed by atoms with Crippen molar-refractivity contribution in [2.45, 2.75) is 18.2 Å². The molecule has 0 aliphatic carbocycles. The van der Waals surface area contributed by atoms with Crippen LogP contribution in [0.5, 0.6) is 0 Å². The van der Waals surface area contributed by atoms with Gasteiger partial charge in [0.1, 0.15) is 5.58 Å². The fraction of sp³-hybridized carbons (Fsp3) is 0.400. The van der Waals surface area contributed by atoms with Crippen LogP contribution in [-0.4, -0.2) is 31.0 Å². The molecule has 0 aliphatic heterocycles. The average molecular weight is 340 g/mol. The first kappa shape index (κ1) is 15.1. The minimum Gasteiger partial charge on any atom is -0.451 e. The Morgan fingerprint density at radius 1 is 1.45 bits per heavy atom. The van der Waals surface area contributed by atoms with Gasteiger partial charge in [-0.3, -0.25) is 4.79 Å². The molecule has 0 aliphatic rings. The van der Waals surface area contributed by atoms with Gasteiger partial charge in [-0.15, -0.1) is 0 Å². The van der Waals surface area contributed by atoms with Crippen LogP contribution in [-0.2, 0) is 4.74 Å². The van der Waals surface area contributed by atoms with Gasteiger partial charge in [0, 0.05) is 23.9 Å². The molecule has 4 nitrogen and oxygen atoms in total. The second-order valence-corrected chi connectivity index (χ2v) is 6.04. The summed E-state index contributed by atoms with van der Waals surface area (Å²) < 4.78 is 10.6. The standard InChI is InChI=1S/C15H18BrNO3/c1-10-3-4-13-11(7-10)8-14(20-13)15(18)17-6-5-12(16)9-19-2/h3-4,7-8,12H,5-6,9H2,1-2H3,(H,17,18). The number of ether oxygens (including phenoxy) is 1. The van der Waals surface area contributed by atoms with Crippen molar-refractivity contribution in [3.8, 4) is 0 Å². The third-order valence-corrected chi connectivity index (χ3v) is 3.71. The SMILES string of the molecule is COCC(Br)CCNC(=O)c1cc2cc(C)ccc2o1. The van der Waals surface area contributed by atoms with Crippen LogP contribution in [0.15, 0.2) is 28.7 Å². The normalized spacial score (nSPS) is 12.6. The van der Waals surface area contributed by atoms with Crippen molar-refractivity contribution in [2.75, 3.05) is 20.3 Å². The van der Waals surface area contributed by atoms with Crippen LogP contribution in [0.25, 0.3) is 11.0 Å². The van der Waals surface area contributed by atoms with Crippen LogP contribution in [0.4, 0.5) is 0 Å². The van der Waals surface area contributed by atoms with Crippen LogP contribution in [0.1, 0.15) is 22.5 Å². The van der Waals surface area contributed by atoms with E-state index < -0.39 is 0 Å². The number of fused-ring (bicyclic) bond motifs is 1. The summed E-state index contributed by atoms with van der Waals surface area (Å²) in [6.45, 7) is 3.21. The Bertz CT molecular complexity index is 594. The van der Waals surface area contributed by atoms with Gasteiger partial charge in [0.05, 0.1) is 6.61 Å². The maximum atomic E-state index is 12.0. The molecule has 108 valence electrons. The minimum absolute atomic E-state index is 0.184. The molecule has 1 unspecified atom stereocenters. The molecule has 0 saturated carbocycles. The molecule has 2 rings (SSSR count). The number of amides is 1. The van der Waals surface area contributed by atoms with Gasteiger partial charge in [-0.1, -0.05) is 27.6 Å². The summed E-state index contributed by atoms with van der Waals surface area (Å²) in [6, 6.07) is 7.63. The molecular weight excluding hydrogens is 322 g/mol. The molecule has 20 heavy (non-hydrogen) atoms. The topological polar surface area (TPSA) is 51.5 Å². The molecule has 0 bridgehead atoms. The number of rotatable bonds is 6. The molecule has 0 radical (unpaired) electrons. The zero-order valence-corrected chi connectivity index (χ0v) is 13.2. The predicted octanol–water partition coefficient (Wildman–Crippen LogP) is 3.27. The van der Waals surface area contributed by atoms with Crippen molar-refractivity contribution in [3.05, 3.63) is 35.6 Å². The van der Waals surface area contributed by atoms with Gasteiger partial charge < -0.3 is 14.5 Å². The fourth-order valence-electron chi connectivity index (χ4n) is 1.97. The Morgan fingerprint density at radius 3 is 3.00 bits per heavy atom. The number of benzene rings is 1. The van der Waals surface area contributed by atoms with Gasteiger partial charge in [-0.05, 0) is 31.5 Å². The van der Waals surface area contributed by atoms with Crippen molar-refractivity contribution in [2.24, 2.45) is 0 Å². The number of halogens is 1. The fourth-order valence-corrected chi connectivity index (χ4v) is 2.46. The summed E-state index contributed by atoms with van der Waals surface area (Å²) in [4.78, 5) is 12.2. The number of carbonyl (C=O) groups is 1. The van der Waals surface area contributed by atoms with Gasteiger partial charge >= 0.3 is 0 Å². The monoisotopic (exact) mass is 339 g/mol. The van der Waals surface area contributed by atoms with E-state index in [9.17, 15) is 4.79 Å². The summed E-state index contributed by atoms with van der Waals surface area (Å²) in [7, 11) is 1.66. The summed E-state index contributed by atoms with van der Waals surface area (Å²) in [5.41, 5.74) is 1.88. The maximum Gasteiger partial charge on any atom is 0.287 e. The Labute approximate surface area is 126 Å². The number of aryl methyl sites for hydroxylation is 1. The highest BCUT2D eigenvalue weighted by Gasteiger charge is 2.12. The molecule has 2 aromatic rings. The quantitative estimate of drug-likeness (QED) is 0.821. The molecule has 5 heteroatoms. The molecule has 1 heterocycles. The molecule has 1 N–H and O–H groups in total. The highest BCUT2D eigenvalue weighted by molar-refractivity contribution is 9.09. The Kier molecular flexibility index (Phi) is 5.20. The van der Waals surface area contributed by atoms with Crippen molar-refractivity contribution in [3.63, 3.8) is 0 Å².